The summed E-state index contributed by atoms with van der Waals surface area (Å²) in [5, 5.41) is 19.7. The van der Waals surface area contributed by atoms with E-state index >= 15 is 0 Å². The molecule has 1 heterocycles. The Morgan fingerprint density at radius 1 is 1.07 bits per heavy atom. The highest BCUT2D eigenvalue weighted by Gasteiger charge is 2.26. The molecule has 0 saturated carbocycles. The van der Waals surface area contributed by atoms with Crippen molar-refractivity contribution in [1.82, 2.24) is 10.2 Å². The van der Waals surface area contributed by atoms with Crippen molar-refractivity contribution in [2.75, 3.05) is 30.8 Å². The number of carbonyl (C=O) groups is 2. The summed E-state index contributed by atoms with van der Waals surface area (Å²) in [5.41, 5.74) is 3.01. The molecular weight excluding hydrogens is 554 g/mol. The van der Waals surface area contributed by atoms with E-state index in [9.17, 15) is 9.59 Å². The fourth-order valence-electron chi connectivity index (χ4n) is 4.79. The van der Waals surface area contributed by atoms with E-state index in [2.05, 4.69) is 16.0 Å². The highest BCUT2D eigenvalue weighted by Crippen LogP contribution is 2.33. The number of rotatable bonds is 10. The number of nitrogens with one attached hydrogen (secondary N) is 4. The molecule has 3 aromatic rings. The predicted octanol–water partition coefficient (Wildman–Crippen LogP) is 6.73. The van der Waals surface area contributed by atoms with E-state index in [0.717, 1.165) is 46.9 Å². The van der Waals surface area contributed by atoms with Crippen LogP contribution in [0, 0.1) is 5.41 Å². The van der Waals surface area contributed by atoms with Gasteiger partial charge in [0, 0.05) is 59.6 Å². The lowest BCUT2D eigenvalue weighted by Gasteiger charge is -2.33. The van der Waals surface area contributed by atoms with Gasteiger partial charge >= 0.3 is 6.09 Å². The minimum Gasteiger partial charge on any atom is -0.497 e. The SMILES string of the molecule is COc1ccc(CNc2ccc(N/C(=C/NC3CCN(C(=O)OC(C)(C)C)CC3)C(=N)Cl)c3cccc(C=O)c23)cc1. The van der Waals surface area contributed by atoms with Crippen LogP contribution in [0.5, 0.6) is 5.75 Å². The summed E-state index contributed by atoms with van der Waals surface area (Å²) in [6.45, 7) is 7.28. The maximum atomic E-state index is 12.4. The van der Waals surface area contributed by atoms with E-state index in [-0.39, 0.29) is 17.3 Å². The number of likely N-dealkylation sites (tertiary alicyclic amines) is 1. The van der Waals surface area contributed by atoms with Crippen LogP contribution in [0.2, 0.25) is 0 Å². The molecule has 1 aliphatic heterocycles. The Morgan fingerprint density at radius 2 is 1.76 bits per heavy atom. The monoisotopic (exact) mass is 591 g/mol. The van der Waals surface area contributed by atoms with Crippen LogP contribution in [-0.4, -0.2) is 54.3 Å². The van der Waals surface area contributed by atoms with E-state index in [0.29, 0.717) is 36.6 Å². The Labute approximate surface area is 251 Å². The normalized spacial score (nSPS) is 14.3. The topological polar surface area (TPSA) is 116 Å². The average molecular weight is 592 g/mol. The smallest absolute Gasteiger partial charge is 0.410 e. The quantitative estimate of drug-likeness (QED) is 0.153. The fourth-order valence-corrected chi connectivity index (χ4v) is 4.89. The van der Waals surface area contributed by atoms with Crippen LogP contribution < -0.4 is 20.7 Å². The van der Waals surface area contributed by atoms with Gasteiger partial charge in [0.05, 0.1) is 12.8 Å². The summed E-state index contributed by atoms with van der Waals surface area (Å²) in [7, 11) is 1.63. The van der Waals surface area contributed by atoms with Crippen molar-refractivity contribution in [2.45, 2.75) is 51.8 Å². The Kier molecular flexibility index (Phi) is 9.96. The molecule has 0 aromatic heterocycles. The van der Waals surface area contributed by atoms with Gasteiger partial charge in [0.1, 0.15) is 16.5 Å². The van der Waals surface area contributed by atoms with Gasteiger partial charge in [-0.1, -0.05) is 41.9 Å². The lowest BCUT2D eigenvalue weighted by molar-refractivity contribution is 0.0201. The number of benzene rings is 3. The first kappa shape index (κ1) is 30.7. The summed E-state index contributed by atoms with van der Waals surface area (Å²) in [6, 6.07) is 17.3. The standard InChI is InChI=1S/C32H38ClN5O4/c1-32(2,3)42-31(40)38-16-14-23(15-17-38)35-19-28(30(33)34)37-26-12-13-27(29-22(20-39)6-5-7-25(26)29)36-18-21-8-10-24(41-4)11-9-21/h5-13,19-20,23,34-37H,14-18H2,1-4H3/b28-19+,34-30?. The van der Waals surface area contributed by atoms with E-state index in [4.69, 9.17) is 26.5 Å². The van der Waals surface area contributed by atoms with Gasteiger partial charge < -0.3 is 30.3 Å². The van der Waals surface area contributed by atoms with Crippen LogP contribution in [0.1, 0.15) is 49.5 Å². The van der Waals surface area contributed by atoms with Crippen molar-refractivity contribution in [2.24, 2.45) is 0 Å². The molecule has 1 amide bonds. The molecule has 4 rings (SSSR count). The minimum atomic E-state index is -0.530. The molecule has 1 fully saturated rings. The number of fused-ring (bicyclic) bond motifs is 1. The molecule has 222 valence electrons. The fraction of sp³-hybridized carbons (Fsp3) is 0.344. The maximum absolute atomic E-state index is 12.4. The highest BCUT2D eigenvalue weighted by molar-refractivity contribution is 6.69. The molecule has 0 bridgehead atoms. The lowest BCUT2D eigenvalue weighted by Crippen LogP contribution is -2.45. The number of amides is 1. The van der Waals surface area contributed by atoms with Gasteiger partial charge in [0.2, 0.25) is 0 Å². The zero-order valence-electron chi connectivity index (χ0n) is 24.4. The summed E-state index contributed by atoms with van der Waals surface area (Å²) in [5.74, 6) is 0.789. The van der Waals surface area contributed by atoms with Crippen molar-refractivity contribution in [3.8, 4) is 5.75 Å². The molecule has 0 atom stereocenters. The highest BCUT2D eigenvalue weighted by atomic mass is 35.5. The van der Waals surface area contributed by atoms with Crippen molar-refractivity contribution < 1.29 is 19.1 Å². The first-order chi connectivity index (χ1) is 20.1. The van der Waals surface area contributed by atoms with Gasteiger partial charge in [-0.25, -0.2) is 4.79 Å². The minimum absolute atomic E-state index is 0.111. The largest absolute Gasteiger partial charge is 0.497 e. The van der Waals surface area contributed by atoms with Gasteiger partial charge in [-0.15, -0.1) is 0 Å². The Hall–Kier alpha value is -4.24. The number of allylic oxidation sites excluding steroid dienone is 1. The summed E-state index contributed by atoms with van der Waals surface area (Å²) in [6.07, 6.45) is 3.72. The number of anilines is 2. The molecule has 10 heteroatoms. The second kappa shape index (κ2) is 13.6. The van der Waals surface area contributed by atoms with Crippen LogP contribution in [0.15, 0.2) is 66.5 Å². The second-order valence-corrected chi connectivity index (χ2v) is 11.5. The third kappa shape index (κ3) is 7.94. The van der Waals surface area contributed by atoms with E-state index in [1.165, 1.54) is 0 Å². The molecule has 9 nitrogen and oxygen atoms in total. The molecule has 3 aromatic carbocycles. The van der Waals surface area contributed by atoms with Crippen LogP contribution >= 0.6 is 11.6 Å². The molecule has 1 aliphatic rings. The number of piperidine rings is 1. The summed E-state index contributed by atoms with van der Waals surface area (Å²) in [4.78, 5) is 26.1. The van der Waals surface area contributed by atoms with Gasteiger partial charge in [-0.3, -0.25) is 10.2 Å². The second-order valence-electron chi connectivity index (χ2n) is 11.2. The lowest BCUT2D eigenvalue weighted by atomic mass is 10.0. The number of ether oxygens (including phenoxy) is 2. The maximum Gasteiger partial charge on any atom is 0.410 e. The molecule has 1 saturated heterocycles. The van der Waals surface area contributed by atoms with Crippen molar-refractivity contribution in [3.63, 3.8) is 0 Å². The van der Waals surface area contributed by atoms with Crippen LogP contribution in [-0.2, 0) is 11.3 Å². The predicted molar refractivity (Wildman–Crippen MR) is 169 cm³/mol. The van der Waals surface area contributed by atoms with Crippen molar-refractivity contribution in [3.05, 3.63) is 77.6 Å². The third-order valence-electron chi connectivity index (χ3n) is 6.96. The van der Waals surface area contributed by atoms with Crippen molar-refractivity contribution in [1.29, 1.82) is 5.41 Å². The van der Waals surface area contributed by atoms with Crippen LogP contribution in [0.4, 0.5) is 16.2 Å². The van der Waals surface area contributed by atoms with Gasteiger partial charge in [0.25, 0.3) is 0 Å². The van der Waals surface area contributed by atoms with Gasteiger partial charge in [0.15, 0.2) is 6.29 Å². The Morgan fingerprint density at radius 3 is 2.38 bits per heavy atom. The number of methoxy groups -OCH3 is 1. The first-order valence-corrected chi connectivity index (χ1v) is 14.3. The molecule has 0 radical (unpaired) electrons. The molecule has 0 spiro atoms. The van der Waals surface area contributed by atoms with E-state index < -0.39 is 5.60 Å². The number of hydrogen-bond donors (Lipinski definition) is 4. The van der Waals surface area contributed by atoms with Gasteiger partial charge in [-0.2, -0.15) is 0 Å². The Bertz CT molecular complexity index is 1460. The van der Waals surface area contributed by atoms with Gasteiger partial charge in [-0.05, 0) is 63.4 Å². The molecule has 0 unspecified atom stereocenters. The number of halogens is 1. The van der Waals surface area contributed by atoms with E-state index in [1.807, 2.05) is 69.3 Å². The zero-order valence-corrected chi connectivity index (χ0v) is 25.2. The molecule has 42 heavy (non-hydrogen) atoms. The molecular formula is C32H38ClN5O4. The van der Waals surface area contributed by atoms with E-state index in [1.54, 1.807) is 24.3 Å². The number of aldehydes is 1. The molecule has 4 N–H and O–H groups in total. The third-order valence-corrected chi connectivity index (χ3v) is 7.16. The zero-order chi connectivity index (χ0) is 30.3. The number of carbonyl (C=O) groups excluding carboxylic acids is 2. The number of nitrogens with zero attached hydrogens (tertiary/aromatic N) is 1. The molecule has 0 aliphatic carbocycles. The van der Waals surface area contributed by atoms with Crippen molar-refractivity contribution >= 4 is 51.3 Å². The average Bonchev–Trinajstić information content (AvgIpc) is 2.97. The van der Waals surface area contributed by atoms with Crippen LogP contribution in [0.25, 0.3) is 10.8 Å². The number of hydrogen-bond acceptors (Lipinski definition) is 8. The summed E-state index contributed by atoms with van der Waals surface area (Å²) < 4.78 is 10.7. The first-order valence-electron chi connectivity index (χ1n) is 13.9. The summed E-state index contributed by atoms with van der Waals surface area (Å²) >= 11 is 6.18. The van der Waals surface area contributed by atoms with Crippen LogP contribution in [0.3, 0.4) is 0 Å². The Balaban J connectivity index is 1.48.